The molecule has 0 aromatic carbocycles. The van der Waals surface area contributed by atoms with Gasteiger partial charge in [-0.15, -0.1) is 0 Å². The highest BCUT2D eigenvalue weighted by Crippen LogP contribution is 2.20. The van der Waals surface area contributed by atoms with Crippen molar-refractivity contribution in [3.8, 4) is 0 Å². The summed E-state index contributed by atoms with van der Waals surface area (Å²) in [5, 5.41) is 11.2. The Labute approximate surface area is 117 Å². The second kappa shape index (κ2) is 7.28. The summed E-state index contributed by atoms with van der Waals surface area (Å²) in [6, 6.07) is 0. The van der Waals surface area contributed by atoms with E-state index in [1.807, 2.05) is 0 Å². The van der Waals surface area contributed by atoms with Gasteiger partial charge in [-0.3, -0.25) is 4.79 Å². The first-order valence-electron chi connectivity index (χ1n) is 6.49. The van der Waals surface area contributed by atoms with Gasteiger partial charge in [-0.1, -0.05) is 0 Å². The SMILES string of the molecule is CCS(=O)(=O)N1CCC(C(=O)NCC(O)C(F)F)CC1. The molecular formula is C11H20F2N2O4S. The maximum atomic E-state index is 12.1. The van der Waals surface area contributed by atoms with Crippen LogP contribution in [0.15, 0.2) is 0 Å². The lowest BCUT2D eigenvalue weighted by atomic mass is 9.97. The predicted octanol–water partition coefficient (Wildman–Crippen LogP) is -0.210. The van der Waals surface area contributed by atoms with Gasteiger partial charge in [0.2, 0.25) is 15.9 Å². The molecule has 0 bridgehead atoms. The minimum atomic E-state index is -3.24. The summed E-state index contributed by atoms with van der Waals surface area (Å²) in [7, 11) is -3.24. The molecule has 118 valence electrons. The topological polar surface area (TPSA) is 86.7 Å². The lowest BCUT2D eigenvalue weighted by Gasteiger charge is -2.30. The van der Waals surface area contributed by atoms with Crippen LogP contribution in [0.4, 0.5) is 8.78 Å². The Morgan fingerprint density at radius 3 is 2.40 bits per heavy atom. The van der Waals surface area contributed by atoms with E-state index in [1.54, 1.807) is 6.92 Å². The number of halogens is 2. The quantitative estimate of drug-likeness (QED) is 0.710. The Kier molecular flexibility index (Phi) is 6.28. The van der Waals surface area contributed by atoms with Gasteiger partial charge in [-0.05, 0) is 19.8 Å². The van der Waals surface area contributed by atoms with E-state index < -0.39 is 40.9 Å². The summed E-state index contributed by atoms with van der Waals surface area (Å²) in [5.41, 5.74) is 0. The smallest absolute Gasteiger partial charge is 0.265 e. The largest absolute Gasteiger partial charge is 0.385 e. The number of hydrogen-bond acceptors (Lipinski definition) is 4. The van der Waals surface area contributed by atoms with Crippen molar-refractivity contribution < 1.29 is 27.1 Å². The van der Waals surface area contributed by atoms with E-state index in [1.165, 1.54) is 4.31 Å². The number of carbonyl (C=O) groups excluding carboxylic acids is 1. The fourth-order valence-electron chi connectivity index (χ4n) is 2.02. The van der Waals surface area contributed by atoms with Gasteiger partial charge >= 0.3 is 0 Å². The van der Waals surface area contributed by atoms with Crippen molar-refractivity contribution in [3.63, 3.8) is 0 Å². The molecule has 9 heteroatoms. The number of carbonyl (C=O) groups is 1. The van der Waals surface area contributed by atoms with Crippen molar-refractivity contribution in [1.29, 1.82) is 0 Å². The summed E-state index contributed by atoms with van der Waals surface area (Å²) < 4.78 is 48.7. The monoisotopic (exact) mass is 314 g/mol. The van der Waals surface area contributed by atoms with E-state index in [0.717, 1.165) is 0 Å². The molecule has 0 aromatic rings. The Balaban J connectivity index is 2.40. The van der Waals surface area contributed by atoms with Crippen LogP contribution in [0.25, 0.3) is 0 Å². The van der Waals surface area contributed by atoms with Crippen LogP contribution in [0.5, 0.6) is 0 Å². The van der Waals surface area contributed by atoms with Gasteiger partial charge in [0.1, 0.15) is 6.10 Å². The number of nitrogens with one attached hydrogen (secondary N) is 1. The van der Waals surface area contributed by atoms with Crippen LogP contribution in [-0.4, -0.2) is 61.7 Å². The average Bonchev–Trinajstić information content (AvgIpc) is 2.44. The molecule has 6 nitrogen and oxygen atoms in total. The van der Waals surface area contributed by atoms with E-state index in [-0.39, 0.29) is 18.8 Å². The minimum Gasteiger partial charge on any atom is -0.385 e. The molecule has 0 aliphatic carbocycles. The first-order chi connectivity index (χ1) is 9.27. The lowest BCUT2D eigenvalue weighted by molar-refractivity contribution is -0.127. The molecule has 1 fully saturated rings. The molecule has 0 radical (unpaired) electrons. The minimum absolute atomic E-state index is 0.0183. The van der Waals surface area contributed by atoms with Crippen LogP contribution >= 0.6 is 0 Å². The van der Waals surface area contributed by atoms with Gasteiger partial charge in [-0.25, -0.2) is 21.5 Å². The summed E-state index contributed by atoms with van der Waals surface area (Å²) >= 11 is 0. The number of amides is 1. The Bertz CT molecular complexity index is 422. The van der Waals surface area contributed by atoms with Gasteiger partial charge in [0, 0.05) is 25.6 Å². The Hall–Kier alpha value is -0.800. The molecule has 1 amide bonds. The molecule has 1 saturated heterocycles. The number of nitrogens with zero attached hydrogens (tertiary/aromatic N) is 1. The van der Waals surface area contributed by atoms with E-state index in [4.69, 9.17) is 5.11 Å². The molecule has 0 aromatic heterocycles. The molecule has 20 heavy (non-hydrogen) atoms. The number of alkyl halides is 2. The van der Waals surface area contributed by atoms with Crippen LogP contribution in [0, 0.1) is 5.92 Å². The van der Waals surface area contributed by atoms with Crippen LogP contribution in [0.2, 0.25) is 0 Å². The van der Waals surface area contributed by atoms with Gasteiger partial charge in [0.25, 0.3) is 6.43 Å². The van der Waals surface area contributed by atoms with Crippen LogP contribution < -0.4 is 5.32 Å². The molecule has 1 atom stereocenters. The number of rotatable bonds is 6. The van der Waals surface area contributed by atoms with Crippen molar-refractivity contribution in [2.45, 2.75) is 32.3 Å². The summed E-state index contributed by atoms with van der Waals surface area (Å²) in [4.78, 5) is 11.7. The van der Waals surface area contributed by atoms with E-state index >= 15 is 0 Å². The number of piperidine rings is 1. The van der Waals surface area contributed by atoms with Crippen molar-refractivity contribution in [2.24, 2.45) is 5.92 Å². The zero-order chi connectivity index (χ0) is 15.3. The fraction of sp³-hybridized carbons (Fsp3) is 0.909. The second-order valence-corrected chi connectivity index (χ2v) is 6.98. The fourth-order valence-corrected chi connectivity index (χ4v) is 3.15. The Morgan fingerprint density at radius 2 is 1.95 bits per heavy atom. The molecule has 1 heterocycles. The van der Waals surface area contributed by atoms with Gasteiger partial charge in [-0.2, -0.15) is 0 Å². The first kappa shape index (κ1) is 17.3. The normalized spacial score (nSPS) is 20.1. The molecule has 1 aliphatic heterocycles. The van der Waals surface area contributed by atoms with Crippen molar-refractivity contribution in [2.75, 3.05) is 25.4 Å². The molecule has 0 saturated carbocycles. The number of aliphatic hydroxyl groups is 1. The van der Waals surface area contributed by atoms with Crippen molar-refractivity contribution >= 4 is 15.9 Å². The summed E-state index contributed by atoms with van der Waals surface area (Å²) in [6.45, 7) is 1.57. The highest BCUT2D eigenvalue weighted by molar-refractivity contribution is 7.89. The third-order valence-corrected chi connectivity index (χ3v) is 5.24. The number of hydrogen-bond donors (Lipinski definition) is 2. The van der Waals surface area contributed by atoms with Gasteiger partial charge in [0.05, 0.1) is 5.75 Å². The maximum Gasteiger partial charge on any atom is 0.265 e. The van der Waals surface area contributed by atoms with Crippen molar-refractivity contribution in [1.82, 2.24) is 9.62 Å². The van der Waals surface area contributed by atoms with Gasteiger partial charge < -0.3 is 10.4 Å². The molecular weight excluding hydrogens is 294 g/mol. The average molecular weight is 314 g/mol. The molecule has 2 N–H and O–H groups in total. The molecule has 0 spiro atoms. The summed E-state index contributed by atoms with van der Waals surface area (Å²) in [6.07, 6.45) is -4.06. The zero-order valence-corrected chi connectivity index (χ0v) is 12.1. The highest BCUT2D eigenvalue weighted by atomic mass is 32.2. The van der Waals surface area contributed by atoms with E-state index in [9.17, 15) is 22.0 Å². The molecule has 1 aliphatic rings. The molecule has 1 unspecified atom stereocenters. The van der Waals surface area contributed by atoms with Crippen LogP contribution in [-0.2, 0) is 14.8 Å². The highest BCUT2D eigenvalue weighted by Gasteiger charge is 2.30. The van der Waals surface area contributed by atoms with Crippen LogP contribution in [0.1, 0.15) is 19.8 Å². The Morgan fingerprint density at radius 1 is 1.40 bits per heavy atom. The molecule has 1 rings (SSSR count). The van der Waals surface area contributed by atoms with E-state index in [0.29, 0.717) is 12.8 Å². The zero-order valence-electron chi connectivity index (χ0n) is 11.3. The number of aliphatic hydroxyl groups excluding tert-OH is 1. The lowest BCUT2D eigenvalue weighted by Crippen LogP contribution is -2.45. The maximum absolute atomic E-state index is 12.1. The number of sulfonamides is 1. The standard InChI is InChI=1S/C11H20F2N2O4S/c1-2-20(18,19)15-5-3-8(4-6-15)11(17)14-7-9(16)10(12)13/h8-10,16H,2-7H2,1H3,(H,14,17). The second-order valence-electron chi connectivity index (χ2n) is 4.72. The first-order valence-corrected chi connectivity index (χ1v) is 8.10. The summed E-state index contributed by atoms with van der Waals surface area (Å²) in [5.74, 6) is -0.800. The third kappa shape index (κ3) is 4.64. The third-order valence-electron chi connectivity index (χ3n) is 3.36. The van der Waals surface area contributed by atoms with Crippen LogP contribution in [0.3, 0.4) is 0 Å². The van der Waals surface area contributed by atoms with Gasteiger partial charge in [0.15, 0.2) is 0 Å². The van der Waals surface area contributed by atoms with E-state index in [2.05, 4.69) is 5.32 Å². The van der Waals surface area contributed by atoms with Crippen molar-refractivity contribution in [3.05, 3.63) is 0 Å². The predicted molar refractivity (Wildman–Crippen MR) is 68.8 cm³/mol.